The Balaban J connectivity index is 1.03. The molecule has 252 valence electrons. The summed E-state index contributed by atoms with van der Waals surface area (Å²) in [5.41, 5.74) is 9.66. The molecule has 11 rings (SSSR count). The maximum absolute atomic E-state index is 6.60. The van der Waals surface area contributed by atoms with Crippen molar-refractivity contribution < 1.29 is 4.42 Å². The first-order valence-electron chi connectivity index (χ1n) is 18.5. The lowest BCUT2D eigenvalue weighted by atomic mass is 9.94. The molecule has 0 fully saturated rings. The fourth-order valence-corrected chi connectivity index (χ4v) is 8.42. The predicted octanol–water partition coefficient (Wildman–Crippen LogP) is 15.0. The first-order chi connectivity index (χ1) is 26.8. The quantitative estimate of drug-likeness (QED) is 0.168. The zero-order valence-electron chi connectivity index (χ0n) is 29.4. The third-order valence-electron chi connectivity index (χ3n) is 11.0. The number of anilines is 3. The monoisotopic (exact) mass is 687 g/mol. The highest BCUT2D eigenvalue weighted by atomic mass is 16.3. The highest BCUT2D eigenvalue weighted by Crippen LogP contribution is 2.43. The summed E-state index contributed by atoms with van der Waals surface area (Å²) in [6.07, 6.45) is 0. The molecule has 0 amide bonds. The molecule has 0 radical (unpaired) electrons. The van der Waals surface area contributed by atoms with E-state index in [2.05, 4.69) is 193 Å². The fourth-order valence-electron chi connectivity index (χ4n) is 8.42. The van der Waals surface area contributed by atoms with E-state index in [1.807, 2.05) is 12.1 Å². The molecule has 1 heterocycles. The molecule has 2 heteroatoms. The zero-order chi connectivity index (χ0) is 35.6. The topological polar surface area (TPSA) is 16.4 Å². The Morgan fingerprint density at radius 3 is 1.69 bits per heavy atom. The molecule has 11 aromatic rings. The van der Waals surface area contributed by atoms with E-state index in [1.54, 1.807) is 0 Å². The minimum Gasteiger partial charge on any atom is -0.454 e. The lowest BCUT2D eigenvalue weighted by Crippen LogP contribution is -2.10. The lowest BCUT2D eigenvalue weighted by Gasteiger charge is -2.26. The van der Waals surface area contributed by atoms with Gasteiger partial charge in [-0.05, 0) is 108 Å². The predicted molar refractivity (Wildman–Crippen MR) is 229 cm³/mol. The summed E-state index contributed by atoms with van der Waals surface area (Å²) in [4.78, 5) is 2.32. The molecule has 0 aliphatic carbocycles. The molecular weight excluding hydrogens is 655 g/mol. The maximum atomic E-state index is 6.60. The highest BCUT2D eigenvalue weighted by molar-refractivity contribution is 6.20. The molecule has 2 nitrogen and oxygen atoms in total. The number of hydrogen-bond acceptors (Lipinski definition) is 2. The van der Waals surface area contributed by atoms with E-state index in [9.17, 15) is 0 Å². The van der Waals surface area contributed by atoms with Gasteiger partial charge in [-0.2, -0.15) is 0 Å². The number of hydrogen-bond donors (Lipinski definition) is 0. The summed E-state index contributed by atoms with van der Waals surface area (Å²) < 4.78 is 6.60. The average Bonchev–Trinajstić information content (AvgIpc) is 3.63. The fraction of sp³-hybridized carbons (Fsp3) is 0. The Hall–Kier alpha value is -7.16. The lowest BCUT2D eigenvalue weighted by molar-refractivity contribution is 0.669. The van der Waals surface area contributed by atoms with Crippen LogP contribution in [0.2, 0.25) is 0 Å². The van der Waals surface area contributed by atoms with Crippen molar-refractivity contribution in [1.82, 2.24) is 0 Å². The molecule has 0 saturated carbocycles. The van der Waals surface area contributed by atoms with E-state index in [0.29, 0.717) is 0 Å². The van der Waals surface area contributed by atoms with Crippen molar-refractivity contribution in [3.8, 4) is 22.3 Å². The minimum atomic E-state index is 0.871. The van der Waals surface area contributed by atoms with Gasteiger partial charge in [-0.15, -0.1) is 0 Å². The summed E-state index contributed by atoms with van der Waals surface area (Å²) in [7, 11) is 0. The molecular formula is C52H33NO. The van der Waals surface area contributed by atoms with Gasteiger partial charge in [-0.3, -0.25) is 0 Å². The van der Waals surface area contributed by atoms with Gasteiger partial charge < -0.3 is 9.32 Å². The van der Waals surface area contributed by atoms with Crippen LogP contribution in [0.25, 0.3) is 87.3 Å². The van der Waals surface area contributed by atoms with Gasteiger partial charge >= 0.3 is 0 Å². The Kier molecular flexibility index (Phi) is 6.90. The van der Waals surface area contributed by atoms with Crippen LogP contribution >= 0.6 is 0 Å². The van der Waals surface area contributed by atoms with Crippen LogP contribution in [0.1, 0.15) is 0 Å². The second-order valence-corrected chi connectivity index (χ2v) is 14.1. The molecule has 0 atom stereocenters. The van der Waals surface area contributed by atoms with Crippen LogP contribution in [-0.4, -0.2) is 0 Å². The van der Waals surface area contributed by atoms with Crippen LogP contribution in [0.3, 0.4) is 0 Å². The smallest absolute Gasteiger partial charge is 0.159 e. The van der Waals surface area contributed by atoms with Crippen molar-refractivity contribution in [2.24, 2.45) is 0 Å². The van der Waals surface area contributed by atoms with Gasteiger partial charge in [0, 0.05) is 22.1 Å². The van der Waals surface area contributed by atoms with Crippen LogP contribution < -0.4 is 4.90 Å². The molecule has 0 aliphatic rings. The SMILES string of the molecule is c1ccc2c(-c3ccc(N(c4ccc(-c5ccc6c(ccc7ccc8ccccc8c76)c5)cc4)c4cccc5c4oc4ccccc45)cc3)cccc2c1. The number of fused-ring (bicyclic) bond motifs is 9. The van der Waals surface area contributed by atoms with Crippen LogP contribution in [-0.2, 0) is 0 Å². The molecule has 0 bridgehead atoms. The Labute approximate surface area is 312 Å². The van der Waals surface area contributed by atoms with Gasteiger partial charge in [-0.1, -0.05) is 158 Å². The van der Waals surface area contributed by atoms with E-state index in [0.717, 1.165) is 39.0 Å². The van der Waals surface area contributed by atoms with Crippen LogP contribution in [0.5, 0.6) is 0 Å². The summed E-state index contributed by atoms with van der Waals surface area (Å²) in [6, 6.07) is 72.2. The first-order valence-corrected chi connectivity index (χ1v) is 18.5. The molecule has 10 aromatic carbocycles. The molecule has 54 heavy (non-hydrogen) atoms. The van der Waals surface area contributed by atoms with Gasteiger partial charge in [0.05, 0.1) is 5.69 Å². The summed E-state index contributed by atoms with van der Waals surface area (Å²) in [5.74, 6) is 0. The molecule has 0 saturated heterocycles. The summed E-state index contributed by atoms with van der Waals surface area (Å²) in [5, 5.41) is 12.4. The van der Waals surface area contributed by atoms with E-state index in [4.69, 9.17) is 4.42 Å². The van der Waals surface area contributed by atoms with Crippen LogP contribution in [0, 0.1) is 0 Å². The Bertz CT molecular complexity index is 3200. The van der Waals surface area contributed by atoms with E-state index in [-0.39, 0.29) is 0 Å². The third-order valence-corrected chi connectivity index (χ3v) is 11.0. The van der Waals surface area contributed by atoms with E-state index < -0.39 is 0 Å². The first kappa shape index (κ1) is 30.5. The molecule has 0 spiro atoms. The van der Waals surface area contributed by atoms with Crippen molar-refractivity contribution in [2.45, 2.75) is 0 Å². The Morgan fingerprint density at radius 1 is 0.333 bits per heavy atom. The van der Waals surface area contributed by atoms with Crippen molar-refractivity contribution in [2.75, 3.05) is 4.90 Å². The second kappa shape index (κ2) is 12.2. The van der Waals surface area contributed by atoms with Crippen molar-refractivity contribution in [1.29, 1.82) is 0 Å². The largest absolute Gasteiger partial charge is 0.454 e. The number of nitrogens with zero attached hydrogens (tertiary/aromatic N) is 1. The molecule has 0 unspecified atom stereocenters. The second-order valence-electron chi connectivity index (χ2n) is 14.1. The zero-order valence-corrected chi connectivity index (χ0v) is 29.4. The standard InChI is InChI=1S/C52H33NO/c1-3-12-43-35(9-1)11-7-15-44(43)37-25-30-42(31-26-37)53(49-17-8-16-48-47-14-5-6-18-50(47)54-52(48)49)41-28-23-34(24-29-41)39-27-32-46-40(33-39)22-21-38-20-19-36-10-2-4-13-45(36)51(38)46/h1-33H. The van der Waals surface area contributed by atoms with Crippen LogP contribution in [0.4, 0.5) is 17.1 Å². The van der Waals surface area contributed by atoms with Gasteiger partial charge in [0.2, 0.25) is 0 Å². The highest BCUT2D eigenvalue weighted by Gasteiger charge is 2.20. The minimum absolute atomic E-state index is 0.871. The third kappa shape index (κ3) is 4.88. The number of para-hydroxylation sites is 2. The number of benzene rings is 10. The van der Waals surface area contributed by atoms with E-state index in [1.165, 1.54) is 65.3 Å². The van der Waals surface area contributed by atoms with Gasteiger partial charge in [0.1, 0.15) is 5.58 Å². The normalized spacial score (nSPS) is 11.7. The van der Waals surface area contributed by atoms with E-state index >= 15 is 0 Å². The van der Waals surface area contributed by atoms with Crippen molar-refractivity contribution >= 4 is 82.1 Å². The van der Waals surface area contributed by atoms with Gasteiger partial charge in [-0.25, -0.2) is 0 Å². The maximum Gasteiger partial charge on any atom is 0.159 e. The number of furan rings is 1. The molecule has 1 aromatic heterocycles. The van der Waals surface area contributed by atoms with Crippen LogP contribution in [0.15, 0.2) is 205 Å². The summed E-state index contributed by atoms with van der Waals surface area (Å²) >= 11 is 0. The summed E-state index contributed by atoms with van der Waals surface area (Å²) in [6.45, 7) is 0. The van der Waals surface area contributed by atoms with Gasteiger partial charge in [0.15, 0.2) is 5.58 Å². The average molecular weight is 688 g/mol. The molecule has 0 N–H and O–H groups in total. The van der Waals surface area contributed by atoms with Crippen molar-refractivity contribution in [3.05, 3.63) is 200 Å². The Morgan fingerprint density at radius 2 is 0.889 bits per heavy atom. The molecule has 0 aliphatic heterocycles. The van der Waals surface area contributed by atoms with Crippen molar-refractivity contribution in [3.63, 3.8) is 0 Å². The number of rotatable bonds is 5. The van der Waals surface area contributed by atoms with Gasteiger partial charge in [0.25, 0.3) is 0 Å².